The number of rotatable bonds is 2. The molecule has 0 radical (unpaired) electrons. The summed E-state index contributed by atoms with van der Waals surface area (Å²) in [6, 6.07) is 4.48. The van der Waals surface area contributed by atoms with Gasteiger partial charge in [-0.3, -0.25) is 4.90 Å². The number of benzene rings is 1. The van der Waals surface area contributed by atoms with E-state index in [-0.39, 0.29) is 12.6 Å². The molecule has 1 aromatic carbocycles. The summed E-state index contributed by atoms with van der Waals surface area (Å²) < 4.78 is 0.929. The molecule has 0 saturated carbocycles. The van der Waals surface area contributed by atoms with E-state index < -0.39 is 12.0 Å². The van der Waals surface area contributed by atoms with Gasteiger partial charge in [0.15, 0.2) is 0 Å². The molecular weight excluding hydrogens is 300 g/mol. The Labute approximate surface area is 113 Å². The zero-order valence-corrected chi connectivity index (χ0v) is 11.6. The highest BCUT2D eigenvalue weighted by Gasteiger charge is 2.40. The fraction of sp³-hybridized carbons (Fsp3) is 0.333. The molecule has 1 aromatic rings. The van der Waals surface area contributed by atoms with E-state index in [1.165, 1.54) is 16.8 Å². The second kappa shape index (κ2) is 4.61. The summed E-state index contributed by atoms with van der Waals surface area (Å²) in [6.45, 7) is 2.06. The number of carbonyl (C=O) groups is 2. The van der Waals surface area contributed by atoms with Crippen molar-refractivity contribution < 1.29 is 14.7 Å². The number of aliphatic carboxylic acids is 1. The minimum absolute atomic E-state index is 0.174. The number of likely N-dealkylation sites (N-methyl/N-ethyl adjacent to an activating group) is 1. The number of nitrogens with zero attached hydrogens (tertiary/aromatic N) is 2. The van der Waals surface area contributed by atoms with Gasteiger partial charge in [-0.05, 0) is 30.7 Å². The molecule has 0 spiro atoms. The van der Waals surface area contributed by atoms with E-state index in [1.54, 1.807) is 0 Å². The van der Waals surface area contributed by atoms with Gasteiger partial charge in [-0.15, -0.1) is 0 Å². The molecule has 1 heterocycles. The van der Waals surface area contributed by atoms with Crippen LogP contribution in [0.3, 0.4) is 0 Å². The fourth-order valence-corrected chi connectivity index (χ4v) is 2.54. The Bertz CT molecular complexity index is 518. The molecule has 1 aliphatic rings. The quantitative estimate of drug-likeness (QED) is 0.909. The summed E-state index contributed by atoms with van der Waals surface area (Å²) in [5.41, 5.74) is 1.68. The second-order valence-corrected chi connectivity index (χ2v) is 5.20. The number of halogens is 1. The third-order valence-corrected chi connectivity index (χ3v) is 3.58. The van der Waals surface area contributed by atoms with E-state index in [4.69, 9.17) is 5.11 Å². The van der Waals surface area contributed by atoms with Crippen LogP contribution in [-0.4, -0.2) is 41.6 Å². The maximum Gasteiger partial charge on any atom is 0.328 e. The van der Waals surface area contributed by atoms with Crippen LogP contribution in [-0.2, 0) is 4.79 Å². The number of carbonyl (C=O) groups excluding carboxylic acids is 1. The van der Waals surface area contributed by atoms with Gasteiger partial charge in [0, 0.05) is 17.2 Å². The SMILES string of the molecule is Cc1cc(Br)ccc1N1CC(C(=O)O)N(C)C1=O. The highest BCUT2D eigenvalue weighted by Crippen LogP contribution is 2.28. The van der Waals surface area contributed by atoms with Gasteiger partial charge in [-0.25, -0.2) is 9.59 Å². The van der Waals surface area contributed by atoms with Crippen LogP contribution >= 0.6 is 15.9 Å². The van der Waals surface area contributed by atoms with E-state index in [1.807, 2.05) is 25.1 Å². The lowest BCUT2D eigenvalue weighted by molar-refractivity contribution is -0.140. The van der Waals surface area contributed by atoms with Crippen molar-refractivity contribution in [2.45, 2.75) is 13.0 Å². The van der Waals surface area contributed by atoms with Crippen LogP contribution in [0.15, 0.2) is 22.7 Å². The molecule has 5 nitrogen and oxygen atoms in total. The van der Waals surface area contributed by atoms with Crippen LogP contribution in [0.25, 0.3) is 0 Å². The van der Waals surface area contributed by atoms with Crippen molar-refractivity contribution >= 4 is 33.6 Å². The van der Waals surface area contributed by atoms with Crippen molar-refractivity contribution in [3.05, 3.63) is 28.2 Å². The maximum absolute atomic E-state index is 12.0. The van der Waals surface area contributed by atoms with Gasteiger partial charge >= 0.3 is 12.0 Å². The highest BCUT2D eigenvalue weighted by atomic mass is 79.9. The van der Waals surface area contributed by atoms with Crippen LogP contribution < -0.4 is 4.90 Å². The largest absolute Gasteiger partial charge is 0.480 e. The molecule has 1 N–H and O–H groups in total. The van der Waals surface area contributed by atoms with E-state index >= 15 is 0 Å². The molecule has 1 saturated heterocycles. The van der Waals surface area contributed by atoms with E-state index in [9.17, 15) is 9.59 Å². The molecule has 18 heavy (non-hydrogen) atoms. The van der Waals surface area contributed by atoms with Crippen LogP contribution in [0.2, 0.25) is 0 Å². The molecule has 1 unspecified atom stereocenters. The van der Waals surface area contributed by atoms with Gasteiger partial charge in [-0.1, -0.05) is 15.9 Å². The first kappa shape index (κ1) is 12.9. The number of carboxylic acids is 1. The Morgan fingerprint density at radius 3 is 2.67 bits per heavy atom. The number of urea groups is 1. The summed E-state index contributed by atoms with van der Waals surface area (Å²) in [5.74, 6) is -0.983. The van der Waals surface area contributed by atoms with Crippen molar-refractivity contribution in [2.24, 2.45) is 0 Å². The predicted octanol–water partition coefficient (Wildman–Crippen LogP) is 2.08. The van der Waals surface area contributed by atoms with Crippen molar-refractivity contribution in [2.75, 3.05) is 18.5 Å². The van der Waals surface area contributed by atoms with Crippen molar-refractivity contribution in [3.63, 3.8) is 0 Å². The second-order valence-electron chi connectivity index (χ2n) is 4.29. The minimum Gasteiger partial charge on any atom is -0.480 e. The van der Waals surface area contributed by atoms with Crippen LogP contribution in [0.1, 0.15) is 5.56 Å². The number of carboxylic acid groups (broad SMARTS) is 1. The molecule has 1 atom stereocenters. The van der Waals surface area contributed by atoms with Gasteiger partial charge < -0.3 is 10.0 Å². The Morgan fingerprint density at radius 2 is 2.17 bits per heavy atom. The zero-order chi connectivity index (χ0) is 13.4. The average molecular weight is 313 g/mol. The summed E-state index contributed by atoms with van der Waals surface area (Å²) in [5, 5.41) is 9.05. The fourth-order valence-electron chi connectivity index (χ4n) is 2.06. The summed E-state index contributed by atoms with van der Waals surface area (Å²) in [6.07, 6.45) is 0. The van der Waals surface area contributed by atoms with Gasteiger partial charge in [0.2, 0.25) is 0 Å². The molecule has 2 rings (SSSR count). The predicted molar refractivity (Wildman–Crippen MR) is 70.8 cm³/mol. The van der Waals surface area contributed by atoms with Crippen molar-refractivity contribution in [3.8, 4) is 0 Å². The van der Waals surface area contributed by atoms with E-state index in [0.29, 0.717) is 0 Å². The third kappa shape index (κ3) is 2.08. The van der Waals surface area contributed by atoms with Gasteiger partial charge in [0.05, 0.1) is 6.54 Å². The third-order valence-electron chi connectivity index (χ3n) is 3.09. The lowest BCUT2D eigenvalue weighted by atomic mass is 10.2. The minimum atomic E-state index is -0.983. The van der Waals surface area contributed by atoms with Crippen LogP contribution in [0.5, 0.6) is 0 Å². The van der Waals surface area contributed by atoms with Crippen LogP contribution in [0.4, 0.5) is 10.5 Å². The summed E-state index contributed by atoms with van der Waals surface area (Å²) in [4.78, 5) is 25.8. The molecule has 0 bridgehead atoms. The summed E-state index contributed by atoms with van der Waals surface area (Å²) in [7, 11) is 1.51. The topological polar surface area (TPSA) is 60.9 Å². The molecule has 0 aromatic heterocycles. The Hall–Kier alpha value is -1.56. The number of anilines is 1. The number of hydrogen-bond acceptors (Lipinski definition) is 2. The Balaban J connectivity index is 2.35. The number of aryl methyl sites for hydroxylation is 1. The smallest absolute Gasteiger partial charge is 0.328 e. The van der Waals surface area contributed by atoms with Crippen molar-refractivity contribution in [1.29, 1.82) is 0 Å². The van der Waals surface area contributed by atoms with Crippen LogP contribution in [0, 0.1) is 6.92 Å². The first-order valence-corrected chi connectivity index (χ1v) is 6.24. The number of hydrogen-bond donors (Lipinski definition) is 1. The first-order valence-electron chi connectivity index (χ1n) is 5.45. The van der Waals surface area contributed by atoms with Crippen molar-refractivity contribution in [1.82, 2.24) is 4.90 Å². The summed E-state index contributed by atoms with van der Waals surface area (Å²) >= 11 is 3.36. The molecule has 1 aliphatic heterocycles. The lowest BCUT2D eigenvalue weighted by Crippen LogP contribution is -2.36. The van der Waals surface area contributed by atoms with Gasteiger partial charge in [-0.2, -0.15) is 0 Å². The molecule has 1 fully saturated rings. The first-order chi connectivity index (χ1) is 8.41. The monoisotopic (exact) mass is 312 g/mol. The average Bonchev–Trinajstić information content (AvgIpc) is 2.57. The molecule has 6 heteroatoms. The Kier molecular flexibility index (Phi) is 3.30. The molecular formula is C12H13BrN2O3. The molecule has 2 amide bonds. The highest BCUT2D eigenvalue weighted by molar-refractivity contribution is 9.10. The maximum atomic E-state index is 12.0. The standard InChI is InChI=1S/C12H13BrN2O3/c1-7-5-8(13)3-4-9(7)15-6-10(11(16)17)14(2)12(15)18/h3-5,10H,6H2,1-2H3,(H,16,17). The van der Waals surface area contributed by atoms with E-state index in [2.05, 4.69) is 15.9 Å². The molecule has 96 valence electrons. The number of amides is 2. The molecule has 0 aliphatic carbocycles. The van der Waals surface area contributed by atoms with Gasteiger partial charge in [0.1, 0.15) is 6.04 Å². The lowest BCUT2D eigenvalue weighted by Gasteiger charge is -2.18. The Morgan fingerprint density at radius 1 is 1.50 bits per heavy atom. The zero-order valence-electron chi connectivity index (χ0n) is 10.1. The normalized spacial score (nSPS) is 19.5. The van der Waals surface area contributed by atoms with E-state index in [0.717, 1.165) is 15.7 Å². The van der Waals surface area contributed by atoms with Gasteiger partial charge in [0.25, 0.3) is 0 Å².